The lowest BCUT2D eigenvalue weighted by Crippen LogP contribution is -2.00. The lowest BCUT2D eigenvalue weighted by Gasteiger charge is -2.10. The molecular weight excluding hydrogens is 318 g/mol. The van der Waals surface area contributed by atoms with Crippen LogP contribution in [0.2, 0.25) is 0 Å². The third kappa shape index (κ3) is 4.11. The van der Waals surface area contributed by atoms with E-state index in [0.717, 1.165) is 28.3 Å². The highest BCUT2D eigenvalue weighted by atomic mass is 16.5. The van der Waals surface area contributed by atoms with Crippen molar-refractivity contribution in [3.63, 3.8) is 0 Å². The molecule has 3 rings (SSSR count). The molecule has 0 unspecified atom stereocenters. The van der Waals surface area contributed by atoms with Gasteiger partial charge in [0.25, 0.3) is 0 Å². The van der Waals surface area contributed by atoms with Crippen molar-refractivity contribution in [3.8, 4) is 17.0 Å². The van der Waals surface area contributed by atoms with Gasteiger partial charge in [0.05, 0.1) is 19.2 Å². The lowest BCUT2D eigenvalue weighted by molar-refractivity contribution is -0.136. The normalized spacial score (nSPS) is 10.3. The number of carboxylic acids is 1. The zero-order valence-electron chi connectivity index (χ0n) is 13.6. The molecule has 25 heavy (non-hydrogen) atoms. The van der Waals surface area contributed by atoms with Crippen LogP contribution in [0, 0.1) is 0 Å². The van der Waals surface area contributed by atoms with Crippen LogP contribution in [0.1, 0.15) is 5.56 Å². The largest absolute Gasteiger partial charge is 0.496 e. The molecule has 0 bridgehead atoms. The summed E-state index contributed by atoms with van der Waals surface area (Å²) in [5.74, 6) is 0.532. The maximum atomic E-state index is 10.7. The van der Waals surface area contributed by atoms with Gasteiger partial charge in [0.1, 0.15) is 17.9 Å². The molecule has 6 heteroatoms. The molecule has 0 aliphatic carbocycles. The van der Waals surface area contributed by atoms with Crippen LogP contribution in [-0.2, 0) is 11.2 Å². The Hall–Kier alpha value is -3.41. The summed E-state index contributed by atoms with van der Waals surface area (Å²) in [6.45, 7) is 0. The summed E-state index contributed by atoms with van der Waals surface area (Å²) < 4.78 is 5.37. The number of ether oxygens (including phenoxy) is 1. The minimum absolute atomic E-state index is 0.00569. The van der Waals surface area contributed by atoms with Crippen LogP contribution in [-0.4, -0.2) is 28.2 Å². The van der Waals surface area contributed by atoms with E-state index in [1.165, 1.54) is 6.33 Å². The van der Waals surface area contributed by atoms with Gasteiger partial charge in [-0.05, 0) is 29.8 Å². The summed E-state index contributed by atoms with van der Waals surface area (Å²) in [5.41, 5.74) is 3.19. The smallest absolute Gasteiger partial charge is 0.307 e. The van der Waals surface area contributed by atoms with Crippen molar-refractivity contribution in [2.45, 2.75) is 6.42 Å². The van der Waals surface area contributed by atoms with Crippen LogP contribution in [0.3, 0.4) is 0 Å². The van der Waals surface area contributed by atoms with Crippen LogP contribution in [0.25, 0.3) is 11.3 Å². The van der Waals surface area contributed by atoms with E-state index in [1.807, 2.05) is 42.5 Å². The zero-order valence-corrected chi connectivity index (χ0v) is 13.6. The highest BCUT2D eigenvalue weighted by molar-refractivity contribution is 5.72. The molecule has 0 amide bonds. The predicted octanol–water partition coefficient (Wildman–Crippen LogP) is 3.52. The van der Waals surface area contributed by atoms with Crippen molar-refractivity contribution >= 4 is 17.5 Å². The average molecular weight is 335 g/mol. The summed E-state index contributed by atoms with van der Waals surface area (Å²) >= 11 is 0. The molecule has 0 saturated carbocycles. The van der Waals surface area contributed by atoms with Gasteiger partial charge in [0.2, 0.25) is 0 Å². The van der Waals surface area contributed by atoms with E-state index in [9.17, 15) is 4.79 Å². The topological polar surface area (TPSA) is 84.3 Å². The molecule has 126 valence electrons. The predicted molar refractivity (Wildman–Crippen MR) is 95.1 cm³/mol. The quantitative estimate of drug-likeness (QED) is 0.717. The number of nitrogens with zero attached hydrogens (tertiary/aromatic N) is 2. The Morgan fingerprint density at radius 3 is 2.60 bits per heavy atom. The summed E-state index contributed by atoms with van der Waals surface area (Å²) in [6, 6.07) is 16.7. The lowest BCUT2D eigenvalue weighted by atomic mass is 10.1. The minimum Gasteiger partial charge on any atom is -0.496 e. The molecule has 6 nitrogen and oxygen atoms in total. The van der Waals surface area contributed by atoms with Crippen LogP contribution >= 0.6 is 0 Å². The second kappa shape index (κ2) is 7.44. The van der Waals surface area contributed by atoms with Crippen molar-refractivity contribution < 1.29 is 14.6 Å². The average Bonchev–Trinajstić information content (AvgIpc) is 2.63. The number of aliphatic carboxylic acids is 1. The van der Waals surface area contributed by atoms with Crippen LogP contribution in [0.4, 0.5) is 11.5 Å². The van der Waals surface area contributed by atoms with Gasteiger partial charge < -0.3 is 15.2 Å². The Bertz CT molecular complexity index is 879. The molecule has 1 aromatic heterocycles. The highest BCUT2D eigenvalue weighted by Crippen LogP contribution is 2.29. The number of methoxy groups -OCH3 is 1. The van der Waals surface area contributed by atoms with E-state index in [1.54, 1.807) is 19.2 Å². The Morgan fingerprint density at radius 2 is 1.88 bits per heavy atom. The van der Waals surface area contributed by atoms with Crippen LogP contribution < -0.4 is 10.1 Å². The maximum absolute atomic E-state index is 10.7. The minimum atomic E-state index is -0.849. The standard InChI is InChI=1S/C19H17N3O3/c1-25-17-5-3-2-4-15(17)16-11-18(21-12-20-16)22-14-8-6-13(7-9-14)10-19(23)24/h2-9,11-12H,10H2,1H3,(H,23,24)(H,20,21,22). The van der Waals surface area contributed by atoms with Gasteiger partial charge in [-0.1, -0.05) is 24.3 Å². The Morgan fingerprint density at radius 1 is 1.12 bits per heavy atom. The van der Waals surface area contributed by atoms with Crippen molar-refractivity contribution in [1.82, 2.24) is 9.97 Å². The first-order valence-corrected chi connectivity index (χ1v) is 7.69. The number of anilines is 2. The Labute approximate surface area is 145 Å². The third-order valence-electron chi connectivity index (χ3n) is 3.63. The van der Waals surface area contributed by atoms with Crippen molar-refractivity contribution in [3.05, 3.63) is 66.5 Å². The fourth-order valence-corrected chi connectivity index (χ4v) is 2.46. The second-order valence-corrected chi connectivity index (χ2v) is 5.38. The van der Waals surface area contributed by atoms with Gasteiger partial charge in [-0.2, -0.15) is 0 Å². The Balaban J connectivity index is 1.81. The second-order valence-electron chi connectivity index (χ2n) is 5.38. The zero-order chi connectivity index (χ0) is 17.6. The van der Waals surface area contributed by atoms with Crippen LogP contribution in [0.5, 0.6) is 5.75 Å². The van der Waals surface area contributed by atoms with E-state index in [2.05, 4.69) is 15.3 Å². The Kier molecular flexibility index (Phi) is 4.89. The molecule has 0 aliphatic heterocycles. The van der Waals surface area contributed by atoms with E-state index in [-0.39, 0.29) is 6.42 Å². The summed E-state index contributed by atoms with van der Waals surface area (Å²) in [6.07, 6.45) is 1.49. The molecule has 0 atom stereocenters. The molecule has 1 heterocycles. The number of nitrogens with one attached hydrogen (secondary N) is 1. The molecule has 3 aromatic rings. The van der Waals surface area contributed by atoms with Gasteiger partial charge in [0.15, 0.2) is 0 Å². The van der Waals surface area contributed by atoms with Gasteiger partial charge in [-0.15, -0.1) is 0 Å². The molecule has 0 saturated heterocycles. The summed E-state index contributed by atoms with van der Waals surface area (Å²) in [7, 11) is 1.62. The SMILES string of the molecule is COc1ccccc1-c1cc(Nc2ccc(CC(=O)O)cc2)ncn1. The number of carbonyl (C=O) groups is 1. The first kappa shape index (κ1) is 16.4. The van der Waals surface area contributed by atoms with E-state index >= 15 is 0 Å². The number of para-hydroxylation sites is 1. The van der Waals surface area contributed by atoms with Gasteiger partial charge in [-0.3, -0.25) is 4.79 Å². The maximum Gasteiger partial charge on any atom is 0.307 e. The van der Waals surface area contributed by atoms with E-state index in [4.69, 9.17) is 9.84 Å². The molecule has 0 radical (unpaired) electrons. The van der Waals surface area contributed by atoms with Gasteiger partial charge >= 0.3 is 5.97 Å². The fraction of sp³-hybridized carbons (Fsp3) is 0.105. The first-order valence-electron chi connectivity index (χ1n) is 7.69. The number of benzene rings is 2. The van der Waals surface area contributed by atoms with Gasteiger partial charge in [-0.25, -0.2) is 9.97 Å². The van der Waals surface area contributed by atoms with Crippen molar-refractivity contribution in [1.29, 1.82) is 0 Å². The van der Waals surface area contributed by atoms with Crippen molar-refractivity contribution in [2.75, 3.05) is 12.4 Å². The summed E-state index contributed by atoms with van der Waals surface area (Å²) in [4.78, 5) is 19.3. The number of rotatable bonds is 6. The van der Waals surface area contributed by atoms with Crippen LogP contribution in [0.15, 0.2) is 60.9 Å². The fourth-order valence-electron chi connectivity index (χ4n) is 2.46. The monoisotopic (exact) mass is 335 g/mol. The number of hydrogen-bond donors (Lipinski definition) is 2. The number of aromatic nitrogens is 2. The molecular formula is C19H17N3O3. The first-order chi connectivity index (χ1) is 12.2. The van der Waals surface area contributed by atoms with Crippen molar-refractivity contribution in [2.24, 2.45) is 0 Å². The third-order valence-corrected chi connectivity index (χ3v) is 3.63. The highest BCUT2D eigenvalue weighted by Gasteiger charge is 2.08. The molecule has 0 fully saturated rings. The van der Waals surface area contributed by atoms with Gasteiger partial charge in [0, 0.05) is 17.3 Å². The van der Waals surface area contributed by atoms with E-state index < -0.39 is 5.97 Å². The molecule has 2 aromatic carbocycles. The number of hydrogen-bond acceptors (Lipinski definition) is 5. The van der Waals surface area contributed by atoms with E-state index in [0.29, 0.717) is 5.82 Å². The molecule has 0 aliphatic rings. The summed E-state index contributed by atoms with van der Waals surface area (Å²) in [5, 5.41) is 12.0. The molecule has 0 spiro atoms. The molecule has 2 N–H and O–H groups in total. The number of carboxylic acid groups (broad SMARTS) is 1.